The molecule has 2 aliphatic heterocycles. The molecule has 7 atom stereocenters. The predicted molar refractivity (Wildman–Crippen MR) is 332 cm³/mol. The van der Waals surface area contributed by atoms with Crippen molar-refractivity contribution in [2.45, 2.75) is 301 Å². The molecule has 0 saturated carbocycles. The lowest BCUT2D eigenvalue weighted by Crippen LogP contribution is -2.41. The molecule has 2 aromatic rings. The van der Waals surface area contributed by atoms with Gasteiger partial charge in [0.1, 0.15) is 40.2 Å². The van der Waals surface area contributed by atoms with E-state index in [1.807, 2.05) is 0 Å². The Kier molecular flexibility index (Phi) is 29.1. The van der Waals surface area contributed by atoms with Crippen LogP contribution in [0.3, 0.4) is 0 Å². The van der Waals surface area contributed by atoms with Gasteiger partial charge in [-0.1, -0.05) is 145 Å². The Hall–Kier alpha value is -3.95. The van der Waals surface area contributed by atoms with E-state index in [9.17, 15) is 19.5 Å². The number of amides is 2. The summed E-state index contributed by atoms with van der Waals surface area (Å²) in [4.78, 5) is 38.1. The number of carboxylic acid groups (broad SMARTS) is 1. The molecule has 0 unspecified atom stereocenters. The van der Waals surface area contributed by atoms with Crippen molar-refractivity contribution in [3.05, 3.63) is 44.5 Å². The molecule has 0 aliphatic carbocycles. The predicted octanol–water partition coefficient (Wildman–Crippen LogP) is 17.7. The Morgan fingerprint density at radius 3 is 1.25 bits per heavy atom. The first-order chi connectivity index (χ1) is 37.8. The zero-order valence-corrected chi connectivity index (χ0v) is 54.1. The topological polar surface area (TPSA) is 132 Å². The summed E-state index contributed by atoms with van der Waals surface area (Å²) in [5.41, 5.74) is 8.45. The molecule has 80 heavy (non-hydrogen) atoms. The molecule has 10 nitrogen and oxygen atoms in total. The van der Waals surface area contributed by atoms with Crippen molar-refractivity contribution in [3.63, 3.8) is 0 Å². The minimum Gasteiger partial charge on any atom is -0.492 e. The van der Waals surface area contributed by atoms with Gasteiger partial charge < -0.3 is 34.7 Å². The summed E-state index contributed by atoms with van der Waals surface area (Å²) in [5, 5.41) is 15.6. The zero-order chi connectivity index (χ0) is 59.2. The third kappa shape index (κ3) is 22.7. The van der Waals surface area contributed by atoms with Crippen LogP contribution in [0.1, 0.15) is 274 Å². The number of hydrogen-bond acceptors (Lipinski definition) is 7. The van der Waals surface area contributed by atoms with Gasteiger partial charge in [0.15, 0.2) is 0 Å². The Bertz CT molecular complexity index is 2240. The molecule has 0 radical (unpaired) electrons. The number of benzene rings is 2. The summed E-state index contributed by atoms with van der Waals surface area (Å²) in [5.74, 6) is 6.83. The largest absolute Gasteiger partial charge is 0.492 e. The second-order valence-corrected chi connectivity index (χ2v) is 27.3. The van der Waals surface area contributed by atoms with Crippen LogP contribution in [-0.2, 0) is 27.2 Å². The van der Waals surface area contributed by atoms with E-state index in [-0.39, 0.29) is 55.5 Å². The van der Waals surface area contributed by atoms with Crippen LogP contribution in [-0.4, -0.2) is 59.9 Å². The van der Waals surface area contributed by atoms with Crippen molar-refractivity contribution in [2.75, 3.05) is 19.8 Å². The molecule has 0 bridgehead atoms. The SMILES string of the molecule is Cc1c(C)c2c(c(C)c1OCCC(=O)NCCCC[C@H](NC(=O)CCOc1c(C)c(C)c3c(c1C)CC[C@@](C)(CCC[C@H](C)CCC[C@H](C)CCCC(C)C)O3)C(=O)O)CC[C@@](C)(CCC[C@H](C)CCC[C@H](C)CCCC(C)C)O2. The van der Waals surface area contributed by atoms with Crippen molar-refractivity contribution in [3.8, 4) is 23.0 Å². The Labute approximate surface area is 488 Å². The summed E-state index contributed by atoms with van der Waals surface area (Å²) < 4.78 is 26.4. The third-order valence-electron chi connectivity index (χ3n) is 18.7. The molecule has 0 aromatic heterocycles. The molecular weight excluding hydrogens is 997 g/mol. The zero-order valence-electron chi connectivity index (χ0n) is 54.1. The van der Waals surface area contributed by atoms with Crippen molar-refractivity contribution >= 4 is 17.8 Å². The van der Waals surface area contributed by atoms with Gasteiger partial charge in [-0.05, 0) is 195 Å². The van der Waals surface area contributed by atoms with Gasteiger partial charge in [-0.2, -0.15) is 0 Å². The van der Waals surface area contributed by atoms with Gasteiger partial charge in [-0.15, -0.1) is 0 Å². The van der Waals surface area contributed by atoms with Gasteiger partial charge in [0.05, 0.1) is 26.1 Å². The van der Waals surface area contributed by atoms with E-state index in [2.05, 4.69) is 121 Å². The van der Waals surface area contributed by atoms with Crippen LogP contribution < -0.4 is 29.6 Å². The van der Waals surface area contributed by atoms with Crippen LogP contribution >= 0.6 is 0 Å². The van der Waals surface area contributed by atoms with Crippen LogP contribution in [0.25, 0.3) is 0 Å². The molecule has 456 valence electrons. The average molecular weight is 1120 g/mol. The Morgan fingerprint density at radius 2 is 0.863 bits per heavy atom. The summed E-state index contributed by atoms with van der Waals surface area (Å²) in [7, 11) is 0. The summed E-state index contributed by atoms with van der Waals surface area (Å²) in [6.45, 7) is 36.9. The van der Waals surface area contributed by atoms with E-state index < -0.39 is 12.0 Å². The lowest BCUT2D eigenvalue weighted by molar-refractivity contribution is -0.142. The Morgan fingerprint density at radius 1 is 0.487 bits per heavy atom. The van der Waals surface area contributed by atoms with Gasteiger partial charge in [0, 0.05) is 17.7 Å². The lowest BCUT2D eigenvalue weighted by atomic mass is 9.83. The minimum atomic E-state index is -1.07. The highest BCUT2D eigenvalue weighted by molar-refractivity contribution is 5.83. The first kappa shape index (κ1) is 68.5. The van der Waals surface area contributed by atoms with E-state index >= 15 is 0 Å². The summed E-state index contributed by atoms with van der Waals surface area (Å²) >= 11 is 0. The van der Waals surface area contributed by atoms with Gasteiger partial charge in [-0.25, -0.2) is 4.79 Å². The van der Waals surface area contributed by atoms with Gasteiger partial charge in [0.2, 0.25) is 11.8 Å². The van der Waals surface area contributed by atoms with Crippen molar-refractivity contribution in [2.24, 2.45) is 35.5 Å². The fraction of sp³-hybridized carbons (Fsp3) is 0.786. The first-order valence-electron chi connectivity index (χ1n) is 32.5. The van der Waals surface area contributed by atoms with Crippen LogP contribution in [0.15, 0.2) is 0 Å². The highest BCUT2D eigenvalue weighted by atomic mass is 16.5. The van der Waals surface area contributed by atoms with Crippen LogP contribution in [0.2, 0.25) is 0 Å². The van der Waals surface area contributed by atoms with Crippen LogP contribution in [0, 0.1) is 77.0 Å². The van der Waals surface area contributed by atoms with E-state index in [0.29, 0.717) is 19.4 Å². The second kappa shape index (κ2) is 34.0. The van der Waals surface area contributed by atoms with Gasteiger partial charge in [-0.3, -0.25) is 9.59 Å². The number of ether oxygens (including phenoxy) is 4. The quantitative estimate of drug-likeness (QED) is 0.0564. The standard InChI is InChI=1S/C70H118N2O8/c1-47(2)25-19-27-49(5)29-21-31-51(7)33-23-40-69(15)42-36-59-57(13)64(53(9)55(11)66(59)79-69)77-45-38-62(73)71-44-18-17-35-61(68(75)76)72-63(74)39-46-78-65-54(10)56(12)67-60(58(65)14)37-43-70(16,80-67)41-24-34-52(8)32-22-30-50(6)28-20-26-48(3)4/h47-52,61H,17-46H2,1-16H3,(H,71,73)(H,72,74)(H,75,76)/t49-,50-,51-,52-,61+,69-,70-/m1/s1. The summed E-state index contributed by atoms with van der Waals surface area (Å²) in [6.07, 6.45) is 28.5. The van der Waals surface area contributed by atoms with Crippen molar-refractivity contribution in [1.82, 2.24) is 10.6 Å². The highest BCUT2D eigenvalue weighted by Crippen LogP contribution is 2.47. The normalized spacial score (nSPS) is 18.8. The van der Waals surface area contributed by atoms with Gasteiger partial charge >= 0.3 is 5.97 Å². The van der Waals surface area contributed by atoms with Crippen molar-refractivity contribution < 1.29 is 38.4 Å². The molecule has 0 fully saturated rings. The number of aliphatic carboxylic acids is 1. The number of carbonyl (C=O) groups is 3. The molecule has 10 heteroatoms. The number of carboxylic acids is 1. The van der Waals surface area contributed by atoms with E-state index in [0.717, 1.165) is 130 Å². The number of unbranched alkanes of at least 4 members (excludes halogenated alkanes) is 1. The Balaban J connectivity index is 1.12. The third-order valence-corrected chi connectivity index (χ3v) is 18.7. The number of hydrogen-bond donors (Lipinski definition) is 3. The van der Waals surface area contributed by atoms with E-state index in [1.165, 1.54) is 114 Å². The number of nitrogens with one attached hydrogen (secondary N) is 2. The maximum Gasteiger partial charge on any atom is 0.326 e. The van der Waals surface area contributed by atoms with E-state index in [4.69, 9.17) is 18.9 Å². The second-order valence-electron chi connectivity index (χ2n) is 27.3. The van der Waals surface area contributed by atoms with Crippen LogP contribution in [0.5, 0.6) is 23.0 Å². The van der Waals surface area contributed by atoms with Crippen LogP contribution in [0.4, 0.5) is 0 Å². The fourth-order valence-electron chi connectivity index (χ4n) is 12.8. The highest BCUT2D eigenvalue weighted by Gasteiger charge is 2.36. The molecule has 2 amide bonds. The van der Waals surface area contributed by atoms with E-state index in [1.54, 1.807) is 0 Å². The smallest absolute Gasteiger partial charge is 0.326 e. The number of rotatable bonds is 39. The lowest BCUT2D eigenvalue weighted by Gasteiger charge is -2.38. The van der Waals surface area contributed by atoms with Gasteiger partial charge in [0.25, 0.3) is 0 Å². The molecule has 2 aliphatic rings. The monoisotopic (exact) mass is 1110 g/mol. The molecule has 3 N–H and O–H groups in total. The molecule has 0 spiro atoms. The average Bonchev–Trinajstić information content (AvgIpc) is 3.38. The number of fused-ring (bicyclic) bond motifs is 2. The molecule has 2 heterocycles. The molecule has 4 rings (SSSR count). The minimum absolute atomic E-state index is 0.0384. The molecule has 2 aromatic carbocycles. The molecule has 0 saturated heterocycles. The first-order valence-corrected chi connectivity index (χ1v) is 32.5. The maximum absolute atomic E-state index is 13.1. The summed E-state index contributed by atoms with van der Waals surface area (Å²) in [6, 6.07) is -1.02. The molecular formula is C70H118N2O8. The van der Waals surface area contributed by atoms with Crippen molar-refractivity contribution in [1.29, 1.82) is 0 Å². The fourth-order valence-corrected chi connectivity index (χ4v) is 12.8. The maximum atomic E-state index is 13.1. The number of carbonyl (C=O) groups excluding carboxylic acids is 2.